The summed E-state index contributed by atoms with van der Waals surface area (Å²) in [5, 5.41) is 9.42. The van der Waals surface area contributed by atoms with Crippen LogP contribution in [0.5, 0.6) is 5.75 Å². The SMILES string of the molecule is Oc1ccc(CC(c2ccccc2)c2ccncc2)cc1. The quantitative estimate of drug-likeness (QED) is 0.775. The van der Waals surface area contributed by atoms with Gasteiger partial charge < -0.3 is 5.11 Å². The van der Waals surface area contributed by atoms with Crippen molar-refractivity contribution in [1.29, 1.82) is 0 Å². The van der Waals surface area contributed by atoms with Crippen molar-refractivity contribution in [2.75, 3.05) is 0 Å². The van der Waals surface area contributed by atoms with Crippen molar-refractivity contribution < 1.29 is 5.11 Å². The molecule has 0 spiro atoms. The van der Waals surface area contributed by atoms with E-state index in [0.717, 1.165) is 6.42 Å². The van der Waals surface area contributed by atoms with Crippen LogP contribution in [0.2, 0.25) is 0 Å². The maximum atomic E-state index is 9.42. The van der Waals surface area contributed by atoms with Crippen molar-refractivity contribution in [3.8, 4) is 5.75 Å². The standard InChI is InChI=1S/C19H17NO/c21-18-8-6-15(7-9-18)14-19(16-4-2-1-3-5-16)17-10-12-20-13-11-17/h1-13,19,21H,14H2. The Morgan fingerprint density at radius 2 is 1.38 bits per heavy atom. The summed E-state index contributed by atoms with van der Waals surface area (Å²) < 4.78 is 0. The summed E-state index contributed by atoms with van der Waals surface area (Å²) >= 11 is 0. The number of rotatable bonds is 4. The number of aromatic hydroxyl groups is 1. The molecule has 3 aromatic rings. The average molecular weight is 275 g/mol. The fraction of sp³-hybridized carbons (Fsp3) is 0.105. The minimum Gasteiger partial charge on any atom is -0.508 e. The summed E-state index contributed by atoms with van der Waals surface area (Å²) in [4.78, 5) is 4.11. The first-order valence-corrected chi connectivity index (χ1v) is 7.06. The average Bonchev–Trinajstić information content (AvgIpc) is 2.56. The first kappa shape index (κ1) is 13.4. The molecule has 0 saturated heterocycles. The Hall–Kier alpha value is -2.61. The highest BCUT2D eigenvalue weighted by molar-refractivity contribution is 5.35. The molecule has 0 bridgehead atoms. The summed E-state index contributed by atoms with van der Waals surface area (Å²) in [7, 11) is 0. The third-order valence-corrected chi connectivity index (χ3v) is 3.69. The number of aromatic nitrogens is 1. The molecule has 0 saturated carbocycles. The van der Waals surface area contributed by atoms with Gasteiger partial charge in [-0.05, 0) is 47.4 Å². The van der Waals surface area contributed by atoms with Crippen LogP contribution in [-0.2, 0) is 6.42 Å². The Morgan fingerprint density at radius 1 is 0.762 bits per heavy atom. The predicted octanol–water partition coefficient (Wildman–Crippen LogP) is 4.16. The Morgan fingerprint density at radius 3 is 2.05 bits per heavy atom. The van der Waals surface area contributed by atoms with Gasteiger partial charge in [-0.2, -0.15) is 0 Å². The monoisotopic (exact) mass is 275 g/mol. The molecule has 1 unspecified atom stereocenters. The summed E-state index contributed by atoms with van der Waals surface area (Å²) in [6, 6.07) is 22.1. The Balaban J connectivity index is 1.95. The smallest absolute Gasteiger partial charge is 0.115 e. The maximum Gasteiger partial charge on any atom is 0.115 e. The molecule has 0 aliphatic rings. The van der Waals surface area contributed by atoms with Crippen LogP contribution >= 0.6 is 0 Å². The minimum atomic E-state index is 0.291. The molecule has 1 atom stereocenters. The van der Waals surface area contributed by atoms with Crippen molar-refractivity contribution in [2.45, 2.75) is 12.3 Å². The Kier molecular flexibility index (Phi) is 3.97. The molecule has 2 nitrogen and oxygen atoms in total. The Bertz CT molecular complexity index is 638. The first-order chi connectivity index (χ1) is 10.3. The lowest BCUT2D eigenvalue weighted by Gasteiger charge is -2.18. The second kappa shape index (κ2) is 6.23. The minimum absolute atomic E-state index is 0.291. The summed E-state index contributed by atoms with van der Waals surface area (Å²) in [5.74, 6) is 0.595. The van der Waals surface area contributed by atoms with E-state index in [1.165, 1.54) is 16.7 Å². The number of hydrogen-bond donors (Lipinski definition) is 1. The second-order valence-electron chi connectivity index (χ2n) is 5.11. The van der Waals surface area contributed by atoms with Crippen LogP contribution in [0.1, 0.15) is 22.6 Å². The molecule has 1 aromatic heterocycles. The number of phenols is 1. The molecule has 0 aliphatic carbocycles. The van der Waals surface area contributed by atoms with E-state index >= 15 is 0 Å². The van der Waals surface area contributed by atoms with E-state index in [2.05, 4.69) is 41.4 Å². The molecule has 1 N–H and O–H groups in total. The van der Waals surface area contributed by atoms with Gasteiger partial charge in [0.25, 0.3) is 0 Å². The molecule has 0 amide bonds. The molecule has 1 heterocycles. The molecule has 3 rings (SSSR count). The molecular weight excluding hydrogens is 258 g/mol. The van der Waals surface area contributed by atoms with E-state index in [4.69, 9.17) is 0 Å². The van der Waals surface area contributed by atoms with Crippen molar-refractivity contribution in [3.63, 3.8) is 0 Å². The Labute approximate surface area is 124 Å². The number of benzene rings is 2. The largest absolute Gasteiger partial charge is 0.508 e. The zero-order valence-electron chi connectivity index (χ0n) is 11.7. The molecule has 0 fully saturated rings. The highest BCUT2D eigenvalue weighted by atomic mass is 16.3. The van der Waals surface area contributed by atoms with Crippen LogP contribution in [0.4, 0.5) is 0 Å². The van der Waals surface area contributed by atoms with E-state index in [1.807, 2.05) is 30.6 Å². The lowest BCUT2D eigenvalue weighted by molar-refractivity contribution is 0.475. The van der Waals surface area contributed by atoms with Gasteiger partial charge in [0.2, 0.25) is 0 Å². The van der Waals surface area contributed by atoms with Crippen LogP contribution in [0.3, 0.4) is 0 Å². The summed E-state index contributed by atoms with van der Waals surface area (Å²) in [6.45, 7) is 0. The van der Waals surface area contributed by atoms with Crippen LogP contribution in [-0.4, -0.2) is 10.1 Å². The fourth-order valence-corrected chi connectivity index (χ4v) is 2.58. The lowest BCUT2D eigenvalue weighted by Crippen LogP contribution is -2.05. The maximum absolute atomic E-state index is 9.42. The van der Waals surface area contributed by atoms with E-state index in [1.54, 1.807) is 12.1 Å². The zero-order chi connectivity index (χ0) is 14.5. The van der Waals surface area contributed by atoms with Crippen molar-refractivity contribution in [2.24, 2.45) is 0 Å². The molecule has 104 valence electrons. The number of nitrogens with zero attached hydrogens (tertiary/aromatic N) is 1. The van der Waals surface area contributed by atoms with E-state index in [9.17, 15) is 5.11 Å². The van der Waals surface area contributed by atoms with Gasteiger partial charge in [0.15, 0.2) is 0 Å². The third kappa shape index (κ3) is 3.29. The van der Waals surface area contributed by atoms with Gasteiger partial charge in [0.1, 0.15) is 5.75 Å². The number of phenolic OH excluding ortho intramolecular Hbond substituents is 1. The van der Waals surface area contributed by atoms with Crippen molar-refractivity contribution in [3.05, 3.63) is 95.8 Å². The second-order valence-corrected chi connectivity index (χ2v) is 5.11. The lowest BCUT2D eigenvalue weighted by atomic mass is 9.86. The van der Waals surface area contributed by atoms with Crippen LogP contribution in [0.15, 0.2) is 79.1 Å². The van der Waals surface area contributed by atoms with Gasteiger partial charge in [-0.25, -0.2) is 0 Å². The van der Waals surface area contributed by atoms with E-state index in [0.29, 0.717) is 11.7 Å². The normalized spacial score (nSPS) is 12.0. The third-order valence-electron chi connectivity index (χ3n) is 3.69. The van der Waals surface area contributed by atoms with Crippen LogP contribution in [0, 0.1) is 0 Å². The van der Waals surface area contributed by atoms with Gasteiger partial charge in [-0.15, -0.1) is 0 Å². The molecule has 2 aromatic carbocycles. The molecule has 2 heteroatoms. The van der Waals surface area contributed by atoms with Crippen LogP contribution < -0.4 is 0 Å². The van der Waals surface area contributed by atoms with Gasteiger partial charge in [0.05, 0.1) is 0 Å². The van der Waals surface area contributed by atoms with Crippen molar-refractivity contribution >= 4 is 0 Å². The summed E-state index contributed by atoms with van der Waals surface area (Å²) in [5.41, 5.74) is 3.75. The summed E-state index contributed by atoms with van der Waals surface area (Å²) in [6.07, 6.45) is 4.57. The van der Waals surface area contributed by atoms with E-state index < -0.39 is 0 Å². The number of hydrogen-bond acceptors (Lipinski definition) is 2. The number of pyridine rings is 1. The zero-order valence-corrected chi connectivity index (χ0v) is 11.7. The topological polar surface area (TPSA) is 33.1 Å². The highest BCUT2D eigenvalue weighted by Crippen LogP contribution is 2.28. The fourth-order valence-electron chi connectivity index (χ4n) is 2.58. The molecule has 21 heavy (non-hydrogen) atoms. The molecule has 0 radical (unpaired) electrons. The van der Waals surface area contributed by atoms with Crippen molar-refractivity contribution in [1.82, 2.24) is 4.98 Å². The molecular formula is C19H17NO. The van der Waals surface area contributed by atoms with E-state index in [-0.39, 0.29) is 0 Å². The van der Waals surface area contributed by atoms with Gasteiger partial charge in [-0.1, -0.05) is 42.5 Å². The van der Waals surface area contributed by atoms with Gasteiger partial charge in [0, 0.05) is 18.3 Å². The molecule has 0 aliphatic heterocycles. The highest BCUT2D eigenvalue weighted by Gasteiger charge is 2.14. The first-order valence-electron chi connectivity index (χ1n) is 7.06. The van der Waals surface area contributed by atoms with Crippen LogP contribution in [0.25, 0.3) is 0 Å². The predicted molar refractivity (Wildman–Crippen MR) is 84.3 cm³/mol. The van der Waals surface area contributed by atoms with Gasteiger partial charge >= 0.3 is 0 Å². The van der Waals surface area contributed by atoms with Gasteiger partial charge in [-0.3, -0.25) is 4.98 Å².